The first-order chi connectivity index (χ1) is 16.0. The fraction of sp³-hybridized carbons (Fsp3) is 0.269. The standard InChI is InChI=1S/C26H28NO4PS/c1-29-26(28)15-31-23-10-11-25(21-7-3-6-20(21)23)33-16-18-8-9-24(22(27)13-18)30-14-17-4-2-5-19(32)12-17/h2,4-5,8-13H,3,6-7,14-16,27,32H2,1H3. The van der Waals surface area contributed by atoms with E-state index in [0.717, 1.165) is 47.2 Å². The minimum Gasteiger partial charge on any atom is -0.487 e. The number of nitrogens with two attached hydrogens (primary N) is 1. The molecule has 0 aromatic heterocycles. The minimum atomic E-state index is -0.372. The predicted molar refractivity (Wildman–Crippen MR) is 137 cm³/mol. The van der Waals surface area contributed by atoms with Crippen LogP contribution in [0, 0.1) is 0 Å². The van der Waals surface area contributed by atoms with Crippen LogP contribution < -0.4 is 20.5 Å². The van der Waals surface area contributed by atoms with Gasteiger partial charge in [-0.25, -0.2) is 4.79 Å². The van der Waals surface area contributed by atoms with Crippen LogP contribution >= 0.6 is 21.0 Å². The van der Waals surface area contributed by atoms with Gasteiger partial charge in [0.15, 0.2) is 6.61 Å². The topological polar surface area (TPSA) is 70.8 Å². The zero-order chi connectivity index (χ0) is 23.2. The van der Waals surface area contributed by atoms with Crippen molar-refractivity contribution >= 4 is 38.0 Å². The maximum Gasteiger partial charge on any atom is 0.343 e. The highest BCUT2D eigenvalue weighted by Gasteiger charge is 2.20. The maximum absolute atomic E-state index is 11.4. The molecule has 3 aromatic rings. The Morgan fingerprint density at radius 2 is 1.82 bits per heavy atom. The molecule has 1 unspecified atom stereocenters. The summed E-state index contributed by atoms with van der Waals surface area (Å²) in [5.74, 6) is 1.93. The molecule has 1 aliphatic rings. The maximum atomic E-state index is 11.4. The molecule has 33 heavy (non-hydrogen) atoms. The molecule has 5 nitrogen and oxygen atoms in total. The van der Waals surface area contributed by atoms with E-state index < -0.39 is 0 Å². The zero-order valence-corrected chi connectivity index (χ0v) is 20.6. The molecule has 0 radical (unpaired) electrons. The van der Waals surface area contributed by atoms with Crippen LogP contribution in [0.3, 0.4) is 0 Å². The fourth-order valence-corrected chi connectivity index (χ4v) is 5.32. The lowest BCUT2D eigenvalue weighted by Gasteiger charge is -2.14. The molecule has 172 valence electrons. The van der Waals surface area contributed by atoms with Crippen molar-refractivity contribution in [2.24, 2.45) is 0 Å². The van der Waals surface area contributed by atoms with Crippen molar-refractivity contribution in [2.45, 2.75) is 36.5 Å². The summed E-state index contributed by atoms with van der Waals surface area (Å²) < 4.78 is 16.3. The van der Waals surface area contributed by atoms with E-state index in [1.807, 2.05) is 36.4 Å². The van der Waals surface area contributed by atoms with Gasteiger partial charge in [-0.3, -0.25) is 0 Å². The highest BCUT2D eigenvalue weighted by Crippen LogP contribution is 2.39. The Kier molecular flexibility index (Phi) is 7.79. The molecular formula is C26H28NO4PS. The molecule has 4 rings (SSSR count). The van der Waals surface area contributed by atoms with Gasteiger partial charge in [-0.05, 0) is 77.2 Å². The third-order valence-corrected chi connectivity index (χ3v) is 7.12. The van der Waals surface area contributed by atoms with Gasteiger partial charge in [-0.15, -0.1) is 21.0 Å². The molecule has 0 saturated heterocycles. The number of ether oxygens (including phenoxy) is 3. The summed E-state index contributed by atoms with van der Waals surface area (Å²) in [6.07, 6.45) is 3.10. The molecule has 0 saturated carbocycles. The molecule has 2 N–H and O–H groups in total. The first-order valence-corrected chi connectivity index (χ1v) is 12.4. The van der Waals surface area contributed by atoms with Gasteiger partial charge < -0.3 is 19.9 Å². The molecule has 0 bridgehead atoms. The number of methoxy groups -OCH3 is 1. The van der Waals surface area contributed by atoms with Crippen LogP contribution in [0.1, 0.15) is 28.7 Å². The third-order valence-electron chi connectivity index (χ3n) is 5.59. The monoisotopic (exact) mass is 481 g/mol. The quantitative estimate of drug-likeness (QED) is 0.207. The number of benzene rings is 3. The van der Waals surface area contributed by atoms with Crippen LogP contribution in [0.25, 0.3) is 0 Å². The van der Waals surface area contributed by atoms with E-state index in [4.69, 9.17) is 15.2 Å². The summed E-state index contributed by atoms with van der Waals surface area (Å²) in [5.41, 5.74) is 11.7. The molecule has 0 aliphatic heterocycles. The van der Waals surface area contributed by atoms with Gasteiger partial charge in [0.1, 0.15) is 18.1 Å². The average Bonchev–Trinajstić information content (AvgIpc) is 3.31. The molecule has 7 heteroatoms. The summed E-state index contributed by atoms with van der Waals surface area (Å²) in [6.45, 7) is 0.420. The predicted octanol–water partition coefficient (Wildman–Crippen LogP) is 4.68. The Morgan fingerprint density at radius 1 is 1.00 bits per heavy atom. The van der Waals surface area contributed by atoms with Crippen LogP contribution in [0.2, 0.25) is 0 Å². The molecule has 0 spiro atoms. The number of esters is 1. The lowest BCUT2D eigenvalue weighted by Crippen LogP contribution is -2.13. The first kappa shape index (κ1) is 23.5. The van der Waals surface area contributed by atoms with E-state index in [2.05, 4.69) is 32.2 Å². The molecular weight excluding hydrogens is 453 g/mol. The van der Waals surface area contributed by atoms with E-state index in [0.29, 0.717) is 18.0 Å². The van der Waals surface area contributed by atoms with Crippen molar-refractivity contribution in [1.29, 1.82) is 0 Å². The minimum absolute atomic E-state index is 0.0635. The van der Waals surface area contributed by atoms with Crippen molar-refractivity contribution in [2.75, 3.05) is 19.5 Å². The summed E-state index contributed by atoms with van der Waals surface area (Å²) in [4.78, 5) is 12.7. The Bertz CT molecular complexity index is 1150. The summed E-state index contributed by atoms with van der Waals surface area (Å²) >= 11 is 1.80. The fourth-order valence-electron chi connectivity index (χ4n) is 3.93. The lowest BCUT2D eigenvalue weighted by atomic mass is 10.1. The number of carbonyl (C=O) groups excluding carboxylic acids is 1. The molecule has 1 aliphatic carbocycles. The number of fused-ring (bicyclic) bond motifs is 1. The van der Waals surface area contributed by atoms with Gasteiger partial charge in [0.2, 0.25) is 0 Å². The largest absolute Gasteiger partial charge is 0.487 e. The van der Waals surface area contributed by atoms with Crippen LogP contribution in [0.5, 0.6) is 11.5 Å². The number of carbonyl (C=O) groups is 1. The van der Waals surface area contributed by atoms with Gasteiger partial charge in [-0.1, -0.05) is 24.3 Å². The second-order valence-electron chi connectivity index (χ2n) is 7.93. The first-order valence-electron chi connectivity index (χ1n) is 10.9. The van der Waals surface area contributed by atoms with Crippen molar-refractivity contribution in [3.8, 4) is 11.5 Å². The van der Waals surface area contributed by atoms with E-state index in [1.54, 1.807) is 11.8 Å². The normalized spacial score (nSPS) is 12.3. The highest BCUT2D eigenvalue weighted by molar-refractivity contribution is 7.98. The van der Waals surface area contributed by atoms with E-state index in [9.17, 15) is 4.79 Å². The van der Waals surface area contributed by atoms with Gasteiger partial charge in [0.05, 0.1) is 12.8 Å². The van der Waals surface area contributed by atoms with Gasteiger partial charge in [-0.2, -0.15) is 0 Å². The number of nitrogen functional groups attached to an aromatic ring is 1. The highest BCUT2D eigenvalue weighted by atomic mass is 32.2. The number of rotatable bonds is 9. The van der Waals surface area contributed by atoms with Crippen molar-refractivity contribution in [1.82, 2.24) is 0 Å². The average molecular weight is 482 g/mol. The Hall–Kier alpha value is -2.69. The number of anilines is 1. The zero-order valence-electron chi connectivity index (χ0n) is 18.6. The Morgan fingerprint density at radius 3 is 2.61 bits per heavy atom. The smallest absolute Gasteiger partial charge is 0.343 e. The van der Waals surface area contributed by atoms with Gasteiger partial charge >= 0.3 is 5.97 Å². The van der Waals surface area contributed by atoms with E-state index in [-0.39, 0.29) is 12.6 Å². The molecule has 0 amide bonds. The summed E-state index contributed by atoms with van der Waals surface area (Å²) in [7, 11) is 4.06. The second kappa shape index (κ2) is 11.0. The SMILES string of the molecule is COC(=O)COc1ccc(SCc2ccc(OCc3cccc(P)c3)c(N)c2)c2c1CCC2. The summed E-state index contributed by atoms with van der Waals surface area (Å²) in [5, 5.41) is 1.13. The van der Waals surface area contributed by atoms with Gasteiger partial charge in [0.25, 0.3) is 0 Å². The number of hydrogen-bond donors (Lipinski definition) is 1. The number of thioether (sulfide) groups is 1. The van der Waals surface area contributed by atoms with Crippen LogP contribution in [-0.2, 0) is 34.7 Å². The van der Waals surface area contributed by atoms with Crippen molar-refractivity contribution in [3.63, 3.8) is 0 Å². The van der Waals surface area contributed by atoms with Gasteiger partial charge in [0, 0.05) is 10.6 Å². The molecule has 0 heterocycles. The third kappa shape index (κ3) is 6.01. The van der Waals surface area contributed by atoms with Crippen molar-refractivity contribution in [3.05, 3.63) is 76.9 Å². The molecule has 1 atom stereocenters. The second-order valence-corrected chi connectivity index (χ2v) is 9.62. The Balaban J connectivity index is 1.38. The van der Waals surface area contributed by atoms with Crippen LogP contribution in [-0.4, -0.2) is 19.7 Å². The van der Waals surface area contributed by atoms with Crippen molar-refractivity contribution < 1.29 is 19.0 Å². The van der Waals surface area contributed by atoms with Crippen LogP contribution in [0.15, 0.2) is 59.5 Å². The lowest BCUT2D eigenvalue weighted by molar-refractivity contribution is -0.142. The number of hydrogen-bond acceptors (Lipinski definition) is 6. The van der Waals surface area contributed by atoms with E-state index >= 15 is 0 Å². The summed E-state index contributed by atoms with van der Waals surface area (Å²) in [6, 6.07) is 18.2. The molecule has 3 aromatic carbocycles. The molecule has 0 fully saturated rings. The van der Waals surface area contributed by atoms with Crippen LogP contribution in [0.4, 0.5) is 5.69 Å². The van der Waals surface area contributed by atoms with E-state index in [1.165, 1.54) is 23.1 Å². The Labute approximate surface area is 201 Å².